The minimum Gasteiger partial charge on any atom is -0.468 e. The molecule has 1 aliphatic rings. The molecule has 1 aromatic carbocycles. The van der Waals surface area contributed by atoms with Crippen LogP contribution in [0.15, 0.2) is 30.3 Å². The zero-order valence-corrected chi connectivity index (χ0v) is 11.5. The smallest absolute Gasteiger partial charge is 0.316 e. The lowest BCUT2D eigenvalue weighted by Crippen LogP contribution is -2.24. The second-order valence-corrected chi connectivity index (χ2v) is 4.99. The highest BCUT2D eigenvalue weighted by Crippen LogP contribution is 2.26. The maximum Gasteiger partial charge on any atom is 0.316 e. The molecular formula is C15H17N3O2. The summed E-state index contributed by atoms with van der Waals surface area (Å²) in [6.07, 6.45) is 2.41. The number of aryl methyl sites for hydroxylation is 1. The van der Waals surface area contributed by atoms with E-state index in [0.29, 0.717) is 6.42 Å². The summed E-state index contributed by atoms with van der Waals surface area (Å²) in [5, 5.41) is 4.51. The summed E-state index contributed by atoms with van der Waals surface area (Å²) in [5.74, 6) is 1.02. The summed E-state index contributed by atoms with van der Waals surface area (Å²) in [6.45, 7) is 0.824. The maximum atomic E-state index is 11.8. The highest BCUT2D eigenvalue weighted by Gasteiger charge is 2.30. The van der Waals surface area contributed by atoms with Crippen LogP contribution in [0, 0.1) is 0 Å². The van der Waals surface area contributed by atoms with Gasteiger partial charge in [-0.05, 0) is 18.4 Å². The van der Waals surface area contributed by atoms with Crippen molar-refractivity contribution in [2.24, 2.45) is 0 Å². The van der Waals surface area contributed by atoms with E-state index in [1.165, 1.54) is 12.7 Å². The number of rotatable bonds is 3. The number of carbonyl (C=O) groups excluding carboxylic acids is 1. The predicted molar refractivity (Wildman–Crippen MR) is 73.3 cm³/mol. The van der Waals surface area contributed by atoms with E-state index in [4.69, 9.17) is 4.74 Å². The Morgan fingerprint density at radius 3 is 2.95 bits per heavy atom. The number of benzene rings is 1. The monoisotopic (exact) mass is 271 g/mol. The maximum absolute atomic E-state index is 11.8. The molecule has 0 bridgehead atoms. The van der Waals surface area contributed by atoms with Crippen LogP contribution in [0.4, 0.5) is 0 Å². The van der Waals surface area contributed by atoms with Gasteiger partial charge in [0.15, 0.2) is 5.82 Å². The Bertz CT molecular complexity index is 607. The van der Waals surface area contributed by atoms with Crippen LogP contribution >= 0.6 is 0 Å². The van der Waals surface area contributed by atoms with E-state index in [2.05, 4.69) is 22.2 Å². The van der Waals surface area contributed by atoms with Crippen molar-refractivity contribution in [3.05, 3.63) is 47.5 Å². The van der Waals surface area contributed by atoms with Gasteiger partial charge in [-0.2, -0.15) is 5.10 Å². The quantitative estimate of drug-likeness (QED) is 0.800. The Hall–Kier alpha value is -2.17. The summed E-state index contributed by atoms with van der Waals surface area (Å²) in [6, 6.07) is 10.1. The van der Waals surface area contributed by atoms with Gasteiger partial charge in [0.1, 0.15) is 11.7 Å². The molecule has 0 saturated carbocycles. The van der Waals surface area contributed by atoms with Crippen LogP contribution in [0.5, 0.6) is 0 Å². The molecule has 0 radical (unpaired) electrons. The third kappa shape index (κ3) is 2.43. The van der Waals surface area contributed by atoms with Crippen molar-refractivity contribution in [3.63, 3.8) is 0 Å². The molecule has 104 valence electrons. The number of nitrogens with zero attached hydrogens (tertiary/aromatic N) is 3. The Balaban J connectivity index is 1.86. The average Bonchev–Trinajstić information content (AvgIpc) is 2.89. The number of esters is 1. The van der Waals surface area contributed by atoms with E-state index < -0.39 is 0 Å². The van der Waals surface area contributed by atoms with Crippen LogP contribution in [-0.2, 0) is 22.5 Å². The molecule has 1 aromatic heterocycles. The summed E-state index contributed by atoms with van der Waals surface area (Å²) in [4.78, 5) is 16.3. The van der Waals surface area contributed by atoms with Crippen LogP contribution in [0.2, 0.25) is 0 Å². The van der Waals surface area contributed by atoms with Gasteiger partial charge in [0.25, 0.3) is 0 Å². The summed E-state index contributed by atoms with van der Waals surface area (Å²) in [5.41, 5.74) is 1.17. The van der Waals surface area contributed by atoms with E-state index in [9.17, 15) is 4.79 Å². The normalized spacial score (nSPS) is 17.6. The van der Waals surface area contributed by atoms with Gasteiger partial charge in [-0.1, -0.05) is 30.3 Å². The van der Waals surface area contributed by atoms with Crippen molar-refractivity contribution >= 4 is 5.97 Å². The molecule has 1 atom stereocenters. The van der Waals surface area contributed by atoms with Crippen LogP contribution in [0.25, 0.3) is 0 Å². The van der Waals surface area contributed by atoms with Crippen molar-refractivity contribution in [2.45, 2.75) is 31.7 Å². The molecule has 0 fully saturated rings. The first-order valence-corrected chi connectivity index (χ1v) is 6.83. The predicted octanol–water partition coefficient (Wildman–Crippen LogP) is 1.92. The number of aromatic nitrogens is 3. The molecule has 5 nitrogen and oxygen atoms in total. The molecule has 0 spiro atoms. The molecule has 20 heavy (non-hydrogen) atoms. The third-order valence-corrected chi connectivity index (χ3v) is 3.61. The minimum absolute atomic E-state index is 0.218. The number of methoxy groups -OCH3 is 1. The molecular weight excluding hydrogens is 254 g/mol. The fourth-order valence-electron chi connectivity index (χ4n) is 2.62. The van der Waals surface area contributed by atoms with Crippen molar-refractivity contribution in [1.29, 1.82) is 0 Å². The van der Waals surface area contributed by atoms with Gasteiger partial charge in [0, 0.05) is 13.0 Å². The largest absolute Gasteiger partial charge is 0.468 e. The standard InChI is InChI=1S/C15H17N3O2/c1-20-15(19)12-8-5-9-18-14(12)16-13(17-18)10-11-6-3-2-4-7-11/h2-4,6-7,12H,5,8-10H2,1H3. The van der Waals surface area contributed by atoms with E-state index in [1.807, 2.05) is 22.9 Å². The molecule has 5 heteroatoms. The summed E-state index contributed by atoms with van der Waals surface area (Å²) >= 11 is 0. The Morgan fingerprint density at radius 2 is 2.20 bits per heavy atom. The van der Waals surface area contributed by atoms with Gasteiger partial charge in [-0.25, -0.2) is 9.67 Å². The molecule has 1 unspecified atom stereocenters. The van der Waals surface area contributed by atoms with Crippen LogP contribution in [0.1, 0.15) is 36.0 Å². The number of fused-ring (bicyclic) bond motifs is 1. The van der Waals surface area contributed by atoms with Crippen LogP contribution in [0.3, 0.4) is 0 Å². The zero-order valence-electron chi connectivity index (χ0n) is 11.5. The van der Waals surface area contributed by atoms with E-state index >= 15 is 0 Å². The molecule has 2 aromatic rings. The van der Waals surface area contributed by atoms with Gasteiger partial charge in [0.2, 0.25) is 0 Å². The average molecular weight is 271 g/mol. The molecule has 0 N–H and O–H groups in total. The third-order valence-electron chi connectivity index (χ3n) is 3.61. The Labute approximate surface area is 117 Å². The Kier molecular flexibility index (Phi) is 3.50. The number of hydrogen-bond acceptors (Lipinski definition) is 4. The first-order chi connectivity index (χ1) is 9.78. The molecule has 2 heterocycles. The van der Waals surface area contributed by atoms with Gasteiger partial charge >= 0.3 is 5.97 Å². The summed E-state index contributed by atoms with van der Waals surface area (Å²) < 4.78 is 6.70. The lowest BCUT2D eigenvalue weighted by molar-refractivity contribution is -0.143. The fraction of sp³-hybridized carbons (Fsp3) is 0.400. The molecule has 0 saturated heterocycles. The lowest BCUT2D eigenvalue weighted by atomic mass is 9.99. The second kappa shape index (κ2) is 5.45. The van der Waals surface area contributed by atoms with Crippen LogP contribution in [-0.4, -0.2) is 27.8 Å². The van der Waals surface area contributed by atoms with Crippen molar-refractivity contribution in [1.82, 2.24) is 14.8 Å². The van der Waals surface area contributed by atoms with E-state index in [-0.39, 0.29) is 11.9 Å². The highest BCUT2D eigenvalue weighted by atomic mass is 16.5. The van der Waals surface area contributed by atoms with E-state index in [1.54, 1.807) is 0 Å². The minimum atomic E-state index is -0.272. The lowest BCUT2D eigenvalue weighted by Gasteiger charge is -2.19. The molecule has 1 aliphatic heterocycles. The van der Waals surface area contributed by atoms with Crippen LogP contribution < -0.4 is 0 Å². The number of ether oxygens (including phenoxy) is 1. The second-order valence-electron chi connectivity index (χ2n) is 4.99. The highest BCUT2D eigenvalue weighted by molar-refractivity contribution is 5.77. The van der Waals surface area contributed by atoms with E-state index in [0.717, 1.165) is 31.0 Å². The zero-order chi connectivity index (χ0) is 13.9. The van der Waals surface area contributed by atoms with Crippen molar-refractivity contribution in [2.75, 3.05) is 7.11 Å². The van der Waals surface area contributed by atoms with Crippen molar-refractivity contribution in [3.8, 4) is 0 Å². The Morgan fingerprint density at radius 1 is 1.40 bits per heavy atom. The summed E-state index contributed by atoms with van der Waals surface area (Å²) in [7, 11) is 1.42. The van der Waals surface area contributed by atoms with Crippen molar-refractivity contribution < 1.29 is 9.53 Å². The fourth-order valence-corrected chi connectivity index (χ4v) is 2.62. The number of hydrogen-bond donors (Lipinski definition) is 0. The number of carbonyl (C=O) groups is 1. The molecule has 0 amide bonds. The van der Waals surface area contributed by atoms with Gasteiger partial charge in [-0.15, -0.1) is 0 Å². The first-order valence-electron chi connectivity index (χ1n) is 6.83. The topological polar surface area (TPSA) is 57.0 Å². The van der Waals surface area contributed by atoms with Gasteiger partial charge in [0.05, 0.1) is 7.11 Å². The van der Waals surface area contributed by atoms with Gasteiger partial charge in [-0.3, -0.25) is 4.79 Å². The SMILES string of the molecule is COC(=O)C1CCCn2nc(Cc3ccccc3)nc21. The molecule has 0 aliphatic carbocycles. The first kappa shape index (κ1) is 12.8. The van der Waals surface area contributed by atoms with Gasteiger partial charge < -0.3 is 4.74 Å². The molecule has 3 rings (SSSR count).